The lowest BCUT2D eigenvalue weighted by atomic mass is 10.00. The van der Waals surface area contributed by atoms with E-state index >= 15 is 0 Å². The highest BCUT2D eigenvalue weighted by atomic mass is 79.9. The van der Waals surface area contributed by atoms with E-state index < -0.39 is 0 Å². The van der Waals surface area contributed by atoms with Gasteiger partial charge < -0.3 is 10.2 Å². The third-order valence-electron chi connectivity index (χ3n) is 4.95. The van der Waals surface area contributed by atoms with E-state index in [1.807, 2.05) is 31.2 Å². The van der Waals surface area contributed by atoms with Crippen LogP contribution in [0.1, 0.15) is 35.0 Å². The van der Waals surface area contributed by atoms with Crippen LogP contribution in [0.5, 0.6) is 0 Å². The zero-order valence-corrected chi connectivity index (χ0v) is 17.7. The summed E-state index contributed by atoms with van der Waals surface area (Å²) in [6.45, 7) is 6.18. The Morgan fingerprint density at radius 2 is 2.15 bits per heavy atom. The fourth-order valence-electron chi connectivity index (χ4n) is 3.67. The van der Waals surface area contributed by atoms with Crippen LogP contribution < -0.4 is 10.2 Å². The van der Waals surface area contributed by atoms with Gasteiger partial charge in [0.25, 0.3) is 5.91 Å². The Kier molecular flexibility index (Phi) is 5.14. The van der Waals surface area contributed by atoms with Crippen LogP contribution in [0.25, 0.3) is 10.2 Å². The summed E-state index contributed by atoms with van der Waals surface area (Å²) in [6, 6.07) is 7.63. The molecule has 0 spiro atoms. The number of nitrogens with one attached hydrogen (secondary N) is 1. The summed E-state index contributed by atoms with van der Waals surface area (Å²) in [4.78, 5) is 26.3. The van der Waals surface area contributed by atoms with Gasteiger partial charge in [0.15, 0.2) is 0 Å². The molecule has 1 aromatic carbocycles. The molecule has 1 saturated heterocycles. The van der Waals surface area contributed by atoms with E-state index in [0.29, 0.717) is 11.5 Å². The van der Waals surface area contributed by atoms with Crippen molar-refractivity contribution in [3.63, 3.8) is 0 Å². The van der Waals surface area contributed by atoms with Crippen molar-refractivity contribution in [3.05, 3.63) is 45.5 Å². The first kappa shape index (κ1) is 18.4. The minimum Gasteiger partial charge on any atom is -0.356 e. The summed E-state index contributed by atoms with van der Waals surface area (Å²) in [5.41, 5.74) is 1.44. The molecule has 0 aliphatic carbocycles. The van der Waals surface area contributed by atoms with E-state index in [2.05, 4.69) is 43.0 Å². The number of carbonyl (C=O) groups excluding carboxylic acids is 1. The Hall–Kier alpha value is -1.99. The average molecular weight is 445 g/mol. The lowest BCUT2D eigenvalue weighted by Gasteiger charge is -2.32. The first-order chi connectivity index (χ1) is 13.0. The van der Waals surface area contributed by atoms with Crippen LogP contribution in [0.3, 0.4) is 0 Å². The Morgan fingerprint density at radius 3 is 2.93 bits per heavy atom. The number of thiophene rings is 1. The zero-order chi connectivity index (χ0) is 19.0. The topological polar surface area (TPSA) is 58.1 Å². The van der Waals surface area contributed by atoms with Crippen molar-refractivity contribution in [3.8, 4) is 0 Å². The monoisotopic (exact) mass is 444 g/mol. The molecule has 1 aliphatic heterocycles. The van der Waals surface area contributed by atoms with Crippen LogP contribution >= 0.6 is 27.3 Å². The van der Waals surface area contributed by atoms with Gasteiger partial charge in [-0.2, -0.15) is 0 Å². The molecule has 1 fully saturated rings. The third-order valence-corrected chi connectivity index (χ3v) is 6.65. The largest absolute Gasteiger partial charge is 0.356 e. The highest BCUT2D eigenvalue weighted by Crippen LogP contribution is 2.37. The van der Waals surface area contributed by atoms with Gasteiger partial charge in [-0.25, -0.2) is 9.97 Å². The van der Waals surface area contributed by atoms with Gasteiger partial charge in [-0.3, -0.25) is 4.79 Å². The molecule has 1 aliphatic rings. The van der Waals surface area contributed by atoms with E-state index in [1.54, 1.807) is 17.7 Å². The average Bonchev–Trinajstić information content (AvgIpc) is 2.99. The molecule has 0 radical (unpaired) electrons. The molecule has 27 heavy (non-hydrogen) atoms. The summed E-state index contributed by atoms with van der Waals surface area (Å²) >= 11 is 5.05. The molecule has 1 amide bonds. The van der Waals surface area contributed by atoms with Crippen molar-refractivity contribution in [2.24, 2.45) is 5.92 Å². The number of hydrogen-bond acceptors (Lipinski definition) is 5. The lowest BCUT2D eigenvalue weighted by molar-refractivity contribution is 0.102. The van der Waals surface area contributed by atoms with Gasteiger partial charge in [0, 0.05) is 22.4 Å². The molecule has 0 saturated carbocycles. The van der Waals surface area contributed by atoms with Crippen molar-refractivity contribution < 1.29 is 4.79 Å². The van der Waals surface area contributed by atoms with Crippen LogP contribution in [0.15, 0.2) is 35.1 Å². The molecule has 140 valence electrons. The smallest absolute Gasteiger partial charge is 0.257 e. The molecule has 0 bridgehead atoms. The fourth-order valence-corrected chi connectivity index (χ4v) is 5.04. The number of amides is 1. The van der Waals surface area contributed by atoms with Crippen LogP contribution in [-0.2, 0) is 0 Å². The molecule has 2 aromatic heterocycles. The summed E-state index contributed by atoms with van der Waals surface area (Å²) in [5, 5.41) is 3.91. The Balaban J connectivity index is 1.77. The fraction of sp³-hybridized carbons (Fsp3) is 0.350. The van der Waals surface area contributed by atoms with Crippen LogP contribution in [0.2, 0.25) is 0 Å². The molecular weight excluding hydrogens is 424 g/mol. The number of piperidine rings is 1. The second kappa shape index (κ2) is 7.56. The Bertz CT molecular complexity index is 1000. The number of halogens is 1. The number of rotatable bonds is 3. The van der Waals surface area contributed by atoms with Crippen LogP contribution in [0, 0.1) is 12.8 Å². The molecule has 1 N–H and O–H groups in total. The SMILES string of the molecule is Cc1sc2ncnc(N3CCC[C@@H](C)C3)c2c1C(=O)Nc1ccccc1Br. The zero-order valence-electron chi connectivity index (χ0n) is 15.3. The first-order valence-electron chi connectivity index (χ1n) is 9.09. The quantitative estimate of drug-likeness (QED) is 0.598. The van der Waals surface area contributed by atoms with Gasteiger partial charge in [0.05, 0.1) is 16.6 Å². The summed E-state index contributed by atoms with van der Waals surface area (Å²) in [6.07, 6.45) is 4.00. The Morgan fingerprint density at radius 1 is 1.33 bits per heavy atom. The number of aryl methyl sites for hydroxylation is 1. The number of hydrogen-bond donors (Lipinski definition) is 1. The third kappa shape index (κ3) is 3.58. The van der Waals surface area contributed by atoms with E-state index in [1.165, 1.54) is 6.42 Å². The van der Waals surface area contributed by atoms with E-state index in [9.17, 15) is 4.79 Å². The number of anilines is 2. The molecule has 3 heterocycles. The maximum absolute atomic E-state index is 13.2. The van der Waals surface area contributed by atoms with Crippen molar-refractivity contribution in [1.29, 1.82) is 0 Å². The van der Waals surface area contributed by atoms with Gasteiger partial charge >= 0.3 is 0 Å². The molecule has 7 heteroatoms. The highest BCUT2D eigenvalue weighted by Gasteiger charge is 2.26. The Labute approximate surface area is 171 Å². The van der Waals surface area contributed by atoms with E-state index in [0.717, 1.165) is 50.6 Å². The van der Waals surface area contributed by atoms with Crippen molar-refractivity contribution in [2.75, 3.05) is 23.3 Å². The van der Waals surface area contributed by atoms with Crippen LogP contribution in [0.4, 0.5) is 11.5 Å². The number of benzene rings is 1. The van der Waals surface area contributed by atoms with Gasteiger partial charge in [0.1, 0.15) is 17.0 Å². The van der Waals surface area contributed by atoms with Gasteiger partial charge in [-0.05, 0) is 53.7 Å². The maximum atomic E-state index is 13.2. The lowest BCUT2D eigenvalue weighted by Crippen LogP contribution is -2.35. The second-order valence-corrected chi connectivity index (χ2v) is 9.10. The van der Waals surface area contributed by atoms with Gasteiger partial charge in [-0.1, -0.05) is 19.1 Å². The normalized spacial score (nSPS) is 17.3. The summed E-state index contributed by atoms with van der Waals surface area (Å²) in [7, 11) is 0. The number of carbonyl (C=O) groups is 1. The highest BCUT2D eigenvalue weighted by molar-refractivity contribution is 9.10. The van der Waals surface area contributed by atoms with E-state index in [4.69, 9.17) is 0 Å². The second-order valence-electron chi connectivity index (χ2n) is 7.04. The molecule has 3 aromatic rings. The summed E-state index contributed by atoms with van der Waals surface area (Å²) in [5.74, 6) is 1.39. The molecular formula is C20H21BrN4OS. The minimum absolute atomic E-state index is 0.119. The standard InChI is InChI=1S/C20H21BrN4OS/c1-12-6-5-9-25(10-12)18-17-16(13(2)27-20(17)23-11-22-18)19(26)24-15-8-4-3-7-14(15)21/h3-4,7-8,11-12H,5-6,9-10H2,1-2H3,(H,24,26)/t12-/m1/s1. The predicted octanol–water partition coefficient (Wildman–Crippen LogP) is 5.25. The van der Waals surface area contributed by atoms with Crippen molar-refractivity contribution in [1.82, 2.24) is 9.97 Å². The molecule has 1 atom stereocenters. The molecule has 4 rings (SSSR count). The van der Waals surface area contributed by atoms with Crippen LogP contribution in [-0.4, -0.2) is 29.0 Å². The number of para-hydroxylation sites is 1. The van der Waals surface area contributed by atoms with Gasteiger partial charge in [0.2, 0.25) is 0 Å². The maximum Gasteiger partial charge on any atom is 0.257 e. The molecule has 0 unspecified atom stereocenters. The summed E-state index contributed by atoms with van der Waals surface area (Å²) < 4.78 is 0.858. The number of nitrogens with zero attached hydrogens (tertiary/aromatic N) is 3. The van der Waals surface area contributed by atoms with E-state index in [-0.39, 0.29) is 5.91 Å². The first-order valence-corrected chi connectivity index (χ1v) is 10.7. The number of fused-ring (bicyclic) bond motifs is 1. The van der Waals surface area contributed by atoms with Crippen molar-refractivity contribution >= 4 is 54.9 Å². The number of aromatic nitrogens is 2. The predicted molar refractivity (Wildman–Crippen MR) is 115 cm³/mol. The van der Waals surface area contributed by atoms with Crippen molar-refractivity contribution in [2.45, 2.75) is 26.7 Å². The molecule has 5 nitrogen and oxygen atoms in total. The minimum atomic E-state index is -0.119. The van der Waals surface area contributed by atoms with Gasteiger partial charge in [-0.15, -0.1) is 11.3 Å².